The minimum absolute atomic E-state index is 0.0247. The summed E-state index contributed by atoms with van der Waals surface area (Å²) in [7, 11) is 0. The van der Waals surface area contributed by atoms with Crippen LogP contribution in [-0.2, 0) is 16.1 Å². The van der Waals surface area contributed by atoms with E-state index in [-0.39, 0.29) is 11.8 Å². The van der Waals surface area contributed by atoms with E-state index in [0.29, 0.717) is 19.8 Å². The molecule has 0 radical (unpaired) electrons. The Balaban J connectivity index is 1.57. The van der Waals surface area contributed by atoms with E-state index in [1.54, 1.807) is 12.5 Å². The fourth-order valence-corrected chi connectivity index (χ4v) is 2.09. The monoisotopic (exact) mass is 261 g/mol. The minimum atomic E-state index is -0.0247. The third-order valence-electron chi connectivity index (χ3n) is 3.20. The zero-order chi connectivity index (χ0) is 13.1. The first kappa shape index (κ1) is 12.0. The van der Waals surface area contributed by atoms with Crippen LogP contribution in [0, 0.1) is 5.92 Å². The van der Waals surface area contributed by atoms with E-state index in [2.05, 4.69) is 5.32 Å². The van der Waals surface area contributed by atoms with Gasteiger partial charge < -0.3 is 18.9 Å². The van der Waals surface area contributed by atoms with Crippen molar-refractivity contribution in [3.8, 4) is 11.3 Å². The minimum Gasteiger partial charge on any atom is -0.472 e. The number of rotatable bonds is 4. The number of hydrogen-bond acceptors (Lipinski definition) is 4. The molecule has 0 bridgehead atoms. The van der Waals surface area contributed by atoms with Crippen LogP contribution in [0.15, 0.2) is 39.6 Å². The Morgan fingerprint density at radius 1 is 1.37 bits per heavy atom. The molecule has 3 heterocycles. The fraction of sp³-hybridized carbons (Fsp3) is 0.357. The Morgan fingerprint density at radius 2 is 2.32 bits per heavy atom. The molecule has 5 heteroatoms. The summed E-state index contributed by atoms with van der Waals surface area (Å²) in [5, 5.41) is 2.86. The lowest BCUT2D eigenvalue weighted by Crippen LogP contribution is -2.30. The van der Waals surface area contributed by atoms with Crippen LogP contribution < -0.4 is 5.32 Å². The average molecular weight is 261 g/mol. The molecule has 1 N–H and O–H groups in total. The number of ether oxygens (including phenoxy) is 1. The third kappa shape index (κ3) is 2.71. The maximum atomic E-state index is 11.8. The van der Waals surface area contributed by atoms with Gasteiger partial charge in [0.05, 0.1) is 30.9 Å². The van der Waals surface area contributed by atoms with Crippen molar-refractivity contribution >= 4 is 5.91 Å². The van der Waals surface area contributed by atoms with Gasteiger partial charge in [0.25, 0.3) is 0 Å². The predicted molar refractivity (Wildman–Crippen MR) is 67.2 cm³/mol. The number of carbonyl (C=O) groups excluding carboxylic acids is 1. The molecule has 2 aromatic heterocycles. The van der Waals surface area contributed by atoms with Crippen molar-refractivity contribution in [1.82, 2.24) is 5.32 Å². The second kappa shape index (κ2) is 5.32. The van der Waals surface area contributed by atoms with E-state index >= 15 is 0 Å². The summed E-state index contributed by atoms with van der Waals surface area (Å²) in [4.78, 5) is 11.8. The summed E-state index contributed by atoms with van der Waals surface area (Å²) < 4.78 is 15.8. The lowest BCUT2D eigenvalue weighted by Gasteiger charge is -2.07. The van der Waals surface area contributed by atoms with Crippen LogP contribution in [0.2, 0.25) is 0 Å². The molecule has 5 nitrogen and oxygen atoms in total. The van der Waals surface area contributed by atoms with E-state index in [4.69, 9.17) is 13.6 Å². The molecule has 19 heavy (non-hydrogen) atoms. The van der Waals surface area contributed by atoms with E-state index in [0.717, 1.165) is 23.5 Å². The Kier molecular flexibility index (Phi) is 3.37. The number of nitrogens with one attached hydrogen (secondary N) is 1. The standard InChI is InChI=1S/C14H15NO4/c16-14(11-4-6-18-9-11)15-7-12-1-2-13(19-12)10-3-5-17-8-10/h1-3,5,8,11H,4,6-7,9H2,(H,15,16). The van der Waals surface area contributed by atoms with Crippen molar-refractivity contribution in [2.24, 2.45) is 5.92 Å². The molecule has 0 saturated carbocycles. The third-order valence-corrected chi connectivity index (χ3v) is 3.20. The van der Waals surface area contributed by atoms with Crippen molar-refractivity contribution in [2.45, 2.75) is 13.0 Å². The van der Waals surface area contributed by atoms with Crippen LogP contribution >= 0.6 is 0 Å². The first-order valence-electron chi connectivity index (χ1n) is 6.29. The van der Waals surface area contributed by atoms with E-state index in [1.165, 1.54) is 0 Å². The lowest BCUT2D eigenvalue weighted by molar-refractivity contribution is -0.125. The first-order chi connectivity index (χ1) is 9.33. The summed E-state index contributed by atoms with van der Waals surface area (Å²) in [6.45, 7) is 1.58. The van der Waals surface area contributed by atoms with Crippen molar-refractivity contribution in [3.05, 3.63) is 36.5 Å². The van der Waals surface area contributed by atoms with Gasteiger partial charge in [-0.15, -0.1) is 0 Å². The zero-order valence-electron chi connectivity index (χ0n) is 10.4. The van der Waals surface area contributed by atoms with Gasteiger partial charge in [-0.2, -0.15) is 0 Å². The molecule has 2 aromatic rings. The highest BCUT2D eigenvalue weighted by Crippen LogP contribution is 2.22. The maximum Gasteiger partial charge on any atom is 0.225 e. The average Bonchev–Trinajstić information content (AvgIpc) is 3.14. The van der Waals surface area contributed by atoms with Gasteiger partial charge in [0.1, 0.15) is 17.8 Å². The Labute approximate surface area is 110 Å². The quantitative estimate of drug-likeness (QED) is 0.916. The highest BCUT2D eigenvalue weighted by Gasteiger charge is 2.23. The molecule has 1 fully saturated rings. The molecule has 0 aromatic carbocycles. The molecule has 1 aliphatic rings. The van der Waals surface area contributed by atoms with Crippen molar-refractivity contribution in [2.75, 3.05) is 13.2 Å². The molecule has 1 amide bonds. The lowest BCUT2D eigenvalue weighted by atomic mass is 10.1. The van der Waals surface area contributed by atoms with Crippen LogP contribution in [0.4, 0.5) is 0 Å². The van der Waals surface area contributed by atoms with E-state index < -0.39 is 0 Å². The number of furan rings is 2. The van der Waals surface area contributed by atoms with Gasteiger partial charge in [-0.25, -0.2) is 0 Å². The second-order valence-corrected chi connectivity index (χ2v) is 4.56. The first-order valence-corrected chi connectivity index (χ1v) is 6.29. The Hall–Kier alpha value is -2.01. The van der Waals surface area contributed by atoms with Gasteiger partial charge in [-0.1, -0.05) is 0 Å². The molecule has 0 aliphatic carbocycles. The molecular weight excluding hydrogens is 246 g/mol. The molecule has 1 atom stereocenters. The zero-order valence-corrected chi connectivity index (χ0v) is 10.4. The van der Waals surface area contributed by atoms with Gasteiger partial charge in [0.2, 0.25) is 5.91 Å². The fourth-order valence-electron chi connectivity index (χ4n) is 2.09. The van der Waals surface area contributed by atoms with E-state index in [9.17, 15) is 4.79 Å². The van der Waals surface area contributed by atoms with Gasteiger partial charge in [-0.05, 0) is 24.6 Å². The van der Waals surface area contributed by atoms with Crippen LogP contribution in [0.3, 0.4) is 0 Å². The number of amides is 1. The van der Waals surface area contributed by atoms with Gasteiger partial charge in [0, 0.05) is 6.61 Å². The summed E-state index contributed by atoms with van der Waals surface area (Å²) in [5.74, 6) is 1.47. The molecule has 3 rings (SSSR count). The second-order valence-electron chi connectivity index (χ2n) is 4.56. The normalized spacial score (nSPS) is 18.6. The summed E-state index contributed by atoms with van der Waals surface area (Å²) >= 11 is 0. The molecular formula is C14H15NO4. The number of hydrogen-bond donors (Lipinski definition) is 1. The Bertz CT molecular complexity index is 538. The van der Waals surface area contributed by atoms with Crippen LogP contribution in [0.25, 0.3) is 11.3 Å². The van der Waals surface area contributed by atoms with Crippen molar-refractivity contribution in [3.63, 3.8) is 0 Å². The van der Waals surface area contributed by atoms with E-state index in [1.807, 2.05) is 18.2 Å². The molecule has 1 saturated heterocycles. The van der Waals surface area contributed by atoms with Gasteiger partial charge in [0.15, 0.2) is 0 Å². The molecule has 100 valence electrons. The Morgan fingerprint density at radius 3 is 3.05 bits per heavy atom. The summed E-state index contributed by atoms with van der Waals surface area (Å²) in [6, 6.07) is 5.55. The van der Waals surface area contributed by atoms with Crippen LogP contribution in [-0.4, -0.2) is 19.1 Å². The van der Waals surface area contributed by atoms with Crippen LogP contribution in [0.5, 0.6) is 0 Å². The highest BCUT2D eigenvalue weighted by molar-refractivity contribution is 5.78. The van der Waals surface area contributed by atoms with Gasteiger partial charge in [-0.3, -0.25) is 4.79 Å². The van der Waals surface area contributed by atoms with Crippen LogP contribution in [0.1, 0.15) is 12.2 Å². The SMILES string of the molecule is O=C(NCc1ccc(-c2ccoc2)o1)C1CCOC1. The maximum absolute atomic E-state index is 11.8. The molecule has 1 unspecified atom stereocenters. The highest BCUT2D eigenvalue weighted by atomic mass is 16.5. The van der Waals surface area contributed by atoms with Gasteiger partial charge >= 0.3 is 0 Å². The van der Waals surface area contributed by atoms with Crippen molar-refractivity contribution < 1.29 is 18.4 Å². The summed E-state index contributed by atoms with van der Waals surface area (Å²) in [6.07, 6.45) is 4.01. The largest absolute Gasteiger partial charge is 0.472 e. The number of carbonyl (C=O) groups is 1. The smallest absolute Gasteiger partial charge is 0.225 e. The molecule has 0 spiro atoms. The molecule has 1 aliphatic heterocycles. The van der Waals surface area contributed by atoms with Crippen molar-refractivity contribution in [1.29, 1.82) is 0 Å². The predicted octanol–water partition coefficient (Wildman–Crippen LogP) is 2.19. The topological polar surface area (TPSA) is 64.6 Å². The summed E-state index contributed by atoms with van der Waals surface area (Å²) in [5.41, 5.74) is 0.891.